The van der Waals surface area contributed by atoms with Crippen molar-refractivity contribution >= 4 is 11.8 Å². The van der Waals surface area contributed by atoms with Crippen molar-refractivity contribution in [2.45, 2.75) is 51.0 Å². The van der Waals surface area contributed by atoms with Crippen molar-refractivity contribution in [1.82, 2.24) is 0 Å². The first-order valence-electron chi connectivity index (χ1n) is 5.92. The molecule has 3 fully saturated rings. The van der Waals surface area contributed by atoms with E-state index in [2.05, 4.69) is 0 Å². The first-order valence-corrected chi connectivity index (χ1v) is 5.92. The minimum atomic E-state index is -0.0405. The lowest BCUT2D eigenvalue weighted by atomic mass is 9.57. The van der Waals surface area contributed by atoms with Gasteiger partial charge in [-0.3, -0.25) is 9.59 Å². The maximum atomic E-state index is 11.5. The van der Waals surface area contributed by atoms with Gasteiger partial charge in [-0.2, -0.15) is 0 Å². The molecule has 0 unspecified atom stereocenters. The van der Waals surface area contributed by atoms with E-state index in [0.717, 1.165) is 25.7 Å². The van der Waals surface area contributed by atoms with Crippen LogP contribution in [0.15, 0.2) is 0 Å². The van der Waals surface area contributed by atoms with Gasteiger partial charge in [-0.15, -0.1) is 0 Å². The Morgan fingerprint density at radius 3 is 3.00 bits per heavy atom. The summed E-state index contributed by atoms with van der Waals surface area (Å²) in [7, 11) is 0. The molecule has 0 radical (unpaired) electrons. The monoisotopic (exact) mass is 208 g/mol. The predicted molar refractivity (Wildman–Crippen MR) is 53.1 cm³/mol. The Morgan fingerprint density at radius 2 is 2.13 bits per heavy atom. The summed E-state index contributed by atoms with van der Waals surface area (Å²) in [5.41, 5.74) is 0.0449. The summed E-state index contributed by atoms with van der Waals surface area (Å²) >= 11 is 0. The first kappa shape index (κ1) is 9.37. The zero-order valence-electron chi connectivity index (χ0n) is 8.83. The van der Waals surface area contributed by atoms with Gasteiger partial charge in [0, 0.05) is 18.3 Å². The Balaban J connectivity index is 1.93. The van der Waals surface area contributed by atoms with Crippen LogP contribution in [-0.2, 0) is 14.3 Å². The molecule has 3 heteroatoms. The van der Waals surface area contributed by atoms with E-state index >= 15 is 0 Å². The van der Waals surface area contributed by atoms with Crippen molar-refractivity contribution in [2.24, 2.45) is 11.3 Å². The van der Waals surface area contributed by atoms with Crippen LogP contribution in [-0.4, -0.2) is 17.9 Å². The van der Waals surface area contributed by atoms with Gasteiger partial charge < -0.3 is 4.74 Å². The van der Waals surface area contributed by atoms with E-state index in [1.54, 1.807) is 0 Å². The van der Waals surface area contributed by atoms with Crippen molar-refractivity contribution in [3.63, 3.8) is 0 Å². The number of carbonyl (C=O) groups excluding carboxylic acids is 2. The Morgan fingerprint density at radius 1 is 1.27 bits per heavy atom. The Bertz CT molecular complexity index is 323. The van der Waals surface area contributed by atoms with E-state index in [1.807, 2.05) is 0 Å². The lowest BCUT2D eigenvalue weighted by Gasteiger charge is -2.46. The lowest BCUT2D eigenvalue weighted by molar-refractivity contribution is -0.143. The summed E-state index contributed by atoms with van der Waals surface area (Å²) in [5, 5.41) is 0. The van der Waals surface area contributed by atoms with E-state index in [-0.39, 0.29) is 17.5 Å². The van der Waals surface area contributed by atoms with Gasteiger partial charge in [0.2, 0.25) is 0 Å². The smallest absolute Gasteiger partial charge is 0.306 e. The number of Topliss-reactive ketones (excluding diaryl/α,β-unsaturated/α-hetero) is 1. The van der Waals surface area contributed by atoms with Crippen molar-refractivity contribution in [3.05, 3.63) is 0 Å². The van der Waals surface area contributed by atoms with Gasteiger partial charge in [-0.25, -0.2) is 0 Å². The van der Waals surface area contributed by atoms with Gasteiger partial charge in [-0.1, -0.05) is 0 Å². The van der Waals surface area contributed by atoms with E-state index in [1.165, 1.54) is 0 Å². The second-order valence-electron chi connectivity index (χ2n) is 5.26. The molecule has 82 valence electrons. The van der Waals surface area contributed by atoms with Crippen LogP contribution in [0.1, 0.15) is 44.9 Å². The fraction of sp³-hybridized carbons (Fsp3) is 0.833. The summed E-state index contributed by atoms with van der Waals surface area (Å²) in [6, 6.07) is 0. The molecule has 1 spiro atoms. The van der Waals surface area contributed by atoms with Crippen LogP contribution in [0, 0.1) is 11.3 Å². The highest BCUT2D eigenvalue weighted by atomic mass is 16.6. The van der Waals surface area contributed by atoms with Crippen LogP contribution in [0.25, 0.3) is 0 Å². The van der Waals surface area contributed by atoms with Gasteiger partial charge in [0.1, 0.15) is 11.9 Å². The molecule has 0 aromatic rings. The molecule has 0 N–H and O–H groups in total. The molecule has 2 aliphatic carbocycles. The van der Waals surface area contributed by atoms with Gasteiger partial charge in [0.15, 0.2) is 0 Å². The molecule has 3 rings (SSSR count). The molecule has 3 nitrogen and oxygen atoms in total. The zero-order valence-corrected chi connectivity index (χ0v) is 8.83. The number of carbonyl (C=O) groups is 2. The van der Waals surface area contributed by atoms with E-state index in [9.17, 15) is 9.59 Å². The van der Waals surface area contributed by atoms with E-state index < -0.39 is 0 Å². The molecule has 0 bridgehead atoms. The summed E-state index contributed by atoms with van der Waals surface area (Å²) in [4.78, 5) is 22.9. The van der Waals surface area contributed by atoms with Crippen molar-refractivity contribution < 1.29 is 14.3 Å². The van der Waals surface area contributed by atoms with Crippen LogP contribution >= 0.6 is 0 Å². The lowest BCUT2D eigenvalue weighted by Crippen LogP contribution is -2.45. The fourth-order valence-electron chi connectivity index (χ4n) is 3.80. The highest BCUT2D eigenvalue weighted by molar-refractivity contribution is 5.81. The van der Waals surface area contributed by atoms with E-state index in [0.29, 0.717) is 31.0 Å². The highest BCUT2D eigenvalue weighted by Gasteiger charge is 2.56. The Kier molecular flexibility index (Phi) is 1.91. The quantitative estimate of drug-likeness (QED) is 0.570. The zero-order chi connectivity index (χ0) is 10.5. The highest BCUT2D eigenvalue weighted by Crippen LogP contribution is 2.55. The van der Waals surface area contributed by atoms with Crippen molar-refractivity contribution in [3.8, 4) is 0 Å². The van der Waals surface area contributed by atoms with Crippen LogP contribution < -0.4 is 0 Å². The van der Waals surface area contributed by atoms with E-state index in [4.69, 9.17) is 4.74 Å². The van der Waals surface area contributed by atoms with Gasteiger partial charge in [0.05, 0.1) is 6.42 Å². The molecular formula is C12H16O3. The summed E-state index contributed by atoms with van der Waals surface area (Å²) < 4.78 is 5.41. The molecule has 1 saturated heterocycles. The van der Waals surface area contributed by atoms with Gasteiger partial charge in [-0.05, 0) is 31.6 Å². The summed E-state index contributed by atoms with van der Waals surface area (Å²) in [6.45, 7) is 0. The maximum absolute atomic E-state index is 11.5. The normalized spacial score (nSPS) is 44.5. The van der Waals surface area contributed by atoms with Crippen molar-refractivity contribution in [2.75, 3.05) is 0 Å². The number of ether oxygens (including phenoxy) is 1. The third-order valence-electron chi connectivity index (χ3n) is 4.56. The number of hydrogen-bond acceptors (Lipinski definition) is 3. The Hall–Kier alpha value is -0.860. The maximum Gasteiger partial charge on any atom is 0.306 e. The minimum absolute atomic E-state index is 0.0405. The van der Waals surface area contributed by atoms with Gasteiger partial charge >= 0.3 is 5.97 Å². The molecular weight excluding hydrogens is 192 g/mol. The van der Waals surface area contributed by atoms with Crippen LogP contribution in [0.4, 0.5) is 0 Å². The largest absolute Gasteiger partial charge is 0.462 e. The molecule has 3 atom stereocenters. The molecule has 0 aromatic carbocycles. The first-order chi connectivity index (χ1) is 7.21. The third kappa shape index (κ3) is 1.25. The number of esters is 1. The average molecular weight is 208 g/mol. The fourth-order valence-corrected chi connectivity index (χ4v) is 3.80. The summed E-state index contributed by atoms with van der Waals surface area (Å²) in [6.07, 6.45) is 6.14. The number of ketones is 1. The molecule has 1 heterocycles. The molecule has 0 aromatic heterocycles. The number of hydrogen-bond donors (Lipinski definition) is 0. The minimum Gasteiger partial charge on any atom is -0.462 e. The molecule has 1 aliphatic heterocycles. The Labute approximate surface area is 89.2 Å². The topological polar surface area (TPSA) is 43.4 Å². The second kappa shape index (κ2) is 3.06. The molecule has 15 heavy (non-hydrogen) atoms. The molecule has 3 aliphatic rings. The van der Waals surface area contributed by atoms with Crippen LogP contribution in [0.5, 0.6) is 0 Å². The average Bonchev–Trinajstić information content (AvgIpc) is 2.52. The molecule has 0 amide bonds. The number of rotatable bonds is 0. The predicted octanol–water partition coefficient (Wildman–Crippen LogP) is 1.84. The SMILES string of the molecule is O=C1CC[C@]23CC(=O)O[C@@H]2CCC[C@H]3C1. The molecule has 2 saturated carbocycles. The van der Waals surface area contributed by atoms with Gasteiger partial charge in [0.25, 0.3) is 0 Å². The summed E-state index contributed by atoms with van der Waals surface area (Å²) in [5.74, 6) is 0.760. The second-order valence-corrected chi connectivity index (χ2v) is 5.26. The third-order valence-corrected chi connectivity index (χ3v) is 4.56. The standard InChI is InChI=1S/C12H16O3/c13-9-4-5-12-7-11(14)15-10(12)3-1-2-8(12)6-9/h8,10H,1-7H2/t8-,10+,12+/m0/s1. The van der Waals surface area contributed by atoms with Crippen LogP contribution in [0.3, 0.4) is 0 Å². The van der Waals surface area contributed by atoms with Crippen LogP contribution in [0.2, 0.25) is 0 Å². The van der Waals surface area contributed by atoms with Crippen molar-refractivity contribution in [1.29, 1.82) is 0 Å².